The molecule has 0 bridgehead atoms. The van der Waals surface area contributed by atoms with Gasteiger partial charge in [0.15, 0.2) is 0 Å². The van der Waals surface area contributed by atoms with Crippen molar-refractivity contribution in [2.24, 2.45) is 11.8 Å². The Hall–Kier alpha value is -3.11. The van der Waals surface area contributed by atoms with E-state index in [9.17, 15) is 22.8 Å². The van der Waals surface area contributed by atoms with Crippen LogP contribution in [0.5, 0.6) is 5.75 Å². The van der Waals surface area contributed by atoms with E-state index in [0.29, 0.717) is 23.8 Å². The number of aromatic hydroxyl groups is 1. The van der Waals surface area contributed by atoms with Crippen molar-refractivity contribution in [1.29, 1.82) is 0 Å². The Morgan fingerprint density at radius 2 is 1.63 bits per heavy atom. The van der Waals surface area contributed by atoms with Gasteiger partial charge in [-0.15, -0.1) is 0 Å². The molecule has 0 spiro atoms. The van der Waals surface area contributed by atoms with E-state index in [-0.39, 0.29) is 0 Å². The number of para-hydroxylation sites is 1. The molecule has 10 heteroatoms. The Labute approximate surface area is 305 Å². The van der Waals surface area contributed by atoms with Gasteiger partial charge in [0.1, 0.15) is 17.8 Å². The van der Waals surface area contributed by atoms with Crippen molar-refractivity contribution in [2.45, 2.75) is 130 Å². The average molecular weight is 719 g/mol. The summed E-state index contributed by atoms with van der Waals surface area (Å²) in [7, 11) is 0. The van der Waals surface area contributed by atoms with Crippen LogP contribution in [0.1, 0.15) is 121 Å². The molecule has 1 aliphatic carbocycles. The van der Waals surface area contributed by atoms with Crippen LogP contribution in [0, 0.1) is 18.8 Å². The molecule has 288 valence electrons. The monoisotopic (exact) mass is 719 g/mol. The van der Waals surface area contributed by atoms with E-state index < -0.39 is 23.2 Å². The fourth-order valence-electron chi connectivity index (χ4n) is 7.09. The number of anilines is 2. The van der Waals surface area contributed by atoms with Crippen molar-refractivity contribution in [2.75, 3.05) is 43.8 Å². The molecule has 0 aromatic heterocycles. The lowest BCUT2D eigenvalue weighted by atomic mass is 9.76. The number of hydrogen-bond donors (Lipinski definition) is 4. The summed E-state index contributed by atoms with van der Waals surface area (Å²) in [6.07, 6.45) is 13.8. The standard InChI is InChI=1S/C18H28N2O.C11H21N.C8H8F3NO.C4H8O/c1-3-16-8-4-5-9-18(16)19-17-10-13-20(14-11-17)12-6-7-15(2)21;1-2-4-10(5-3-1)11-6-8-12-9-7-11;1-4-2-5(8(9,10)11)7(12)6(13)3-4;1-2-3-4-5/h4-5,8-9,17,19H,3,6-7,10-14H2,1-2H3;10-12H,1-9H2;2-3,13H,12H2,1H3;4H,2-3H2,1H3. The van der Waals surface area contributed by atoms with Crippen molar-refractivity contribution < 1.29 is 27.9 Å². The molecule has 0 radical (unpaired) electrons. The number of halogens is 3. The highest BCUT2D eigenvalue weighted by Crippen LogP contribution is 2.38. The molecule has 1 saturated carbocycles. The van der Waals surface area contributed by atoms with Crippen LogP contribution in [0.4, 0.5) is 24.5 Å². The zero-order valence-corrected chi connectivity index (χ0v) is 31.6. The van der Waals surface area contributed by atoms with E-state index in [4.69, 9.17) is 10.8 Å². The molecule has 2 aromatic carbocycles. The highest BCUT2D eigenvalue weighted by molar-refractivity contribution is 5.75. The lowest BCUT2D eigenvalue weighted by Gasteiger charge is -2.33. The second-order valence-corrected chi connectivity index (χ2v) is 14.3. The van der Waals surface area contributed by atoms with Gasteiger partial charge in [-0.05, 0) is 120 Å². The SMILES string of the molecule is C1CCC(C2CCNCC2)CC1.CCCC=O.CCc1ccccc1NC1CCN(CCCC(C)=O)CC1.Cc1cc(O)c(N)c(C(F)(F)F)c1. The minimum atomic E-state index is -4.52. The summed E-state index contributed by atoms with van der Waals surface area (Å²) < 4.78 is 36.7. The highest BCUT2D eigenvalue weighted by Gasteiger charge is 2.34. The summed E-state index contributed by atoms with van der Waals surface area (Å²) in [5.41, 5.74) is 6.47. The molecule has 7 nitrogen and oxygen atoms in total. The van der Waals surface area contributed by atoms with Crippen LogP contribution in [0.15, 0.2) is 36.4 Å². The number of nitrogens with zero attached hydrogens (tertiary/aromatic N) is 1. The summed E-state index contributed by atoms with van der Waals surface area (Å²) >= 11 is 0. The van der Waals surface area contributed by atoms with Gasteiger partial charge in [-0.25, -0.2) is 0 Å². The van der Waals surface area contributed by atoms with Gasteiger partial charge in [0.2, 0.25) is 0 Å². The number of carbonyl (C=O) groups excluding carboxylic acids is 2. The van der Waals surface area contributed by atoms with Crippen LogP contribution < -0.4 is 16.4 Å². The van der Waals surface area contributed by atoms with E-state index >= 15 is 0 Å². The number of aryl methyl sites for hydroxylation is 2. The number of Topliss-reactive ketones (excluding diaryl/α,β-unsaturated/α-hetero) is 1. The predicted octanol–water partition coefficient (Wildman–Crippen LogP) is 9.35. The van der Waals surface area contributed by atoms with Gasteiger partial charge in [0.25, 0.3) is 0 Å². The molecule has 3 fully saturated rings. The van der Waals surface area contributed by atoms with Gasteiger partial charge in [-0.2, -0.15) is 13.2 Å². The van der Waals surface area contributed by atoms with Gasteiger partial charge in [-0.3, -0.25) is 0 Å². The number of hydrogen-bond acceptors (Lipinski definition) is 7. The summed E-state index contributed by atoms with van der Waals surface area (Å²) in [5.74, 6) is 1.95. The maximum atomic E-state index is 12.2. The number of rotatable bonds is 10. The number of carbonyl (C=O) groups is 2. The zero-order chi connectivity index (χ0) is 37.6. The Balaban J connectivity index is 0.000000259. The first-order valence-electron chi connectivity index (χ1n) is 19.3. The minimum absolute atomic E-state index is 0.308. The molecule has 2 saturated heterocycles. The molecule has 2 heterocycles. The lowest BCUT2D eigenvalue weighted by Crippen LogP contribution is -2.39. The number of nitrogens with one attached hydrogen (secondary N) is 2. The van der Waals surface area contributed by atoms with E-state index in [1.165, 1.54) is 95.1 Å². The molecular formula is C41H65F3N4O3. The Kier molecular flexibility index (Phi) is 20.9. The number of benzene rings is 2. The van der Waals surface area contributed by atoms with Crippen molar-refractivity contribution in [3.8, 4) is 5.75 Å². The maximum absolute atomic E-state index is 12.2. The summed E-state index contributed by atoms with van der Waals surface area (Å²) in [5, 5.41) is 16.2. The van der Waals surface area contributed by atoms with Gasteiger partial charge < -0.3 is 36.0 Å². The topological polar surface area (TPSA) is 108 Å². The molecule has 5 rings (SSSR count). The molecule has 0 atom stereocenters. The number of ketones is 1. The van der Waals surface area contributed by atoms with Crippen LogP contribution in [0.2, 0.25) is 0 Å². The summed E-state index contributed by atoms with van der Waals surface area (Å²) in [6, 6.07) is 11.3. The summed E-state index contributed by atoms with van der Waals surface area (Å²) in [4.78, 5) is 22.9. The van der Waals surface area contributed by atoms with Crippen LogP contribution >= 0.6 is 0 Å². The van der Waals surface area contributed by atoms with Crippen LogP contribution in [-0.4, -0.2) is 60.8 Å². The fraction of sp³-hybridized carbons (Fsp3) is 0.659. The maximum Gasteiger partial charge on any atom is 0.418 e. The lowest BCUT2D eigenvalue weighted by molar-refractivity contribution is -0.137. The molecule has 0 amide bonds. The normalized spacial score (nSPS) is 17.5. The highest BCUT2D eigenvalue weighted by atomic mass is 19.4. The second-order valence-electron chi connectivity index (χ2n) is 14.3. The van der Waals surface area contributed by atoms with Crippen LogP contribution in [0.3, 0.4) is 0 Å². The molecule has 0 unspecified atom stereocenters. The zero-order valence-electron chi connectivity index (χ0n) is 31.6. The predicted molar refractivity (Wildman–Crippen MR) is 204 cm³/mol. The first kappa shape index (κ1) is 44.1. The third-order valence-electron chi connectivity index (χ3n) is 10.1. The first-order chi connectivity index (χ1) is 24.4. The van der Waals surface area contributed by atoms with Gasteiger partial charge >= 0.3 is 6.18 Å². The molecule has 2 aromatic rings. The number of phenolic OH excluding ortho intramolecular Hbond substituents is 1. The van der Waals surface area contributed by atoms with E-state index in [0.717, 1.165) is 69.5 Å². The van der Waals surface area contributed by atoms with Crippen LogP contribution in [-0.2, 0) is 22.2 Å². The van der Waals surface area contributed by atoms with Crippen LogP contribution in [0.25, 0.3) is 0 Å². The second kappa shape index (κ2) is 24.2. The van der Waals surface area contributed by atoms with Gasteiger partial charge in [-0.1, -0.05) is 64.2 Å². The Bertz CT molecular complexity index is 1250. The van der Waals surface area contributed by atoms with Crippen molar-refractivity contribution in [3.05, 3.63) is 53.1 Å². The fourth-order valence-corrected chi connectivity index (χ4v) is 7.09. The third-order valence-corrected chi connectivity index (χ3v) is 10.1. The Morgan fingerprint density at radius 3 is 2.18 bits per heavy atom. The summed E-state index contributed by atoms with van der Waals surface area (Å²) in [6.45, 7) is 13.2. The number of nitrogen functional groups attached to an aromatic ring is 1. The average Bonchev–Trinajstić information content (AvgIpc) is 3.12. The van der Waals surface area contributed by atoms with Gasteiger partial charge in [0, 0.05) is 37.7 Å². The number of aldehydes is 1. The van der Waals surface area contributed by atoms with E-state index in [2.05, 4.69) is 46.7 Å². The number of piperidine rings is 2. The molecule has 51 heavy (non-hydrogen) atoms. The van der Waals surface area contributed by atoms with E-state index in [1.54, 1.807) is 6.92 Å². The number of alkyl halides is 3. The molecule has 3 aliphatic rings. The first-order valence-corrected chi connectivity index (χ1v) is 19.3. The Morgan fingerprint density at radius 1 is 1.00 bits per heavy atom. The minimum Gasteiger partial charge on any atom is -0.506 e. The number of unbranched alkanes of at least 4 members (excludes halogenated alkanes) is 1. The number of likely N-dealkylation sites (tertiary alicyclic amines) is 1. The molecule has 2 aliphatic heterocycles. The number of phenols is 1. The molecule has 5 N–H and O–H groups in total. The van der Waals surface area contributed by atoms with Crippen molar-refractivity contribution in [3.63, 3.8) is 0 Å². The van der Waals surface area contributed by atoms with Crippen molar-refractivity contribution in [1.82, 2.24) is 10.2 Å². The number of nitrogens with two attached hydrogens (primary N) is 1. The molecular weight excluding hydrogens is 653 g/mol. The van der Waals surface area contributed by atoms with Crippen molar-refractivity contribution >= 4 is 23.4 Å². The smallest absolute Gasteiger partial charge is 0.418 e. The quantitative estimate of drug-likeness (QED) is 0.110. The third kappa shape index (κ3) is 17.3. The van der Waals surface area contributed by atoms with Gasteiger partial charge in [0.05, 0.1) is 11.3 Å². The largest absolute Gasteiger partial charge is 0.506 e. The van der Waals surface area contributed by atoms with E-state index in [1.807, 2.05) is 6.92 Å².